The Labute approximate surface area is 142 Å². The Bertz CT molecular complexity index is 734. The minimum absolute atomic E-state index is 0.121. The van der Waals surface area contributed by atoms with Gasteiger partial charge >= 0.3 is 0 Å². The van der Waals surface area contributed by atoms with Gasteiger partial charge in [0.2, 0.25) is 11.8 Å². The molecule has 0 aromatic heterocycles. The Balaban J connectivity index is 1.74. The van der Waals surface area contributed by atoms with Crippen molar-refractivity contribution in [2.45, 2.75) is 26.7 Å². The number of nitrogens with zero attached hydrogens (tertiary/aromatic N) is 1. The fourth-order valence-corrected chi connectivity index (χ4v) is 2.99. The monoisotopic (exact) mass is 323 g/mol. The van der Waals surface area contributed by atoms with E-state index in [2.05, 4.69) is 0 Å². The second-order valence-electron chi connectivity index (χ2n) is 6.09. The molecule has 1 atom stereocenters. The molecule has 4 heteroatoms. The molecule has 2 aromatic rings. The molecule has 1 aliphatic heterocycles. The summed E-state index contributed by atoms with van der Waals surface area (Å²) in [5.74, 6) is 0.189. The van der Waals surface area contributed by atoms with E-state index < -0.39 is 0 Å². The predicted octanol–water partition coefficient (Wildman–Crippen LogP) is 3.52. The molecule has 24 heavy (non-hydrogen) atoms. The van der Waals surface area contributed by atoms with Gasteiger partial charge in [-0.1, -0.05) is 29.8 Å². The molecule has 4 nitrogen and oxygen atoms in total. The van der Waals surface area contributed by atoms with Gasteiger partial charge in [-0.15, -0.1) is 0 Å². The maximum Gasteiger partial charge on any atom is 0.237 e. The molecule has 1 fully saturated rings. The first-order valence-electron chi connectivity index (χ1n) is 8.23. The Kier molecular flexibility index (Phi) is 4.65. The molecule has 1 heterocycles. The minimum atomic E-state index is -0.285. The topological polar surface area (TPSA) is 46.6 Å². The first-order chi connectivity index (χ1) is 11.6. The van der Waals surface area contributed by atoms with Gasteiger partial charge in [-0.25, -0.2) is 0 Å². The third-order valence-electron chi connectivity index (χ3n) is 4.25. The van der Waals surface area contributed by atoms with Crippen LogP contribution in [-0.2, 0) is 16.0 Å². The van der Waals surface area contributed by atoms with Gasteiger partial charge in [-0.3, -0.25) is 14.5 Å². The number of aryl methyl sites for hydroxylation is 1. The molecular weight excluding hydrogens is 302 g/mol. The zero-order valence-corrected chi connectivity index (χ0v) is 14.0. The number of amides is 2. The summed E-state index contributed by atoms with van der Waals surface area (Å²) in [5, 5.41) is 0. The average Bonchev–Trinajstić information content (AvgIpc) is 2.85. The lowest BCUT2D eigenvalue weighted by Crippen LogP contribution is -2.30. The van der Waals surface area contributed by atoms with Crippen LogP contribution in [-0.4, -0.2) is 18.4 Å². The van der Waals surface area contributed by atoms with E-state index in [0.717, 1.165) is 11.3 Å². The van der Waals surface area contributed by atoms with Crippen LogP contribution in [0.2, 0.25) is 0 Å². The largest absolute Gasteiger partial charge is 0.494 e. The van der Waals surface area contributed by atoms with E-state index in [1.807, 2.05) is 38.1 Å². The van der Waals surface area contributed by atoms with Crippen LogP contribution < -0.4 is 9.64 Å². The van der Waals surface area contributed by atoms with Crippen molar-refractivity contribution in [3.05, 3.63) is 59.7 Å². The van der Waals surface area contributed by atoms with Gasteiger partial charge in [0.25, 0.3) is 0 Å². The van der Waals surface area contributed by atoms with Gasteiger partial charge in [0.05, 0.1) is 18.2 Å². The van der Waals surface area contributed by atoms with Crippen LogP contribution in [0.4, 0.5) is 5.69 Å². The van der Waals surface area contributed by atoms with Crippen molar-refractivity contribution >= 4 is 17.5 Å². The molecule has 1 saturated heterocycles. The maximum atomic E-state index is 12.7. The van der Waals surface area contributed by atoms with Gasteiger partial charge in [0.1, 0.15) is 5.75 Å². The standard InChI is InChI=1S/C20H21NO3/c1-3-24-18-10-8-17(9-11-18)21-19(22)13-16(20(21)23)12-15-6-4-14(2)5-7-15/h4-11,16H,3,12-13H2,1-2H3/t16-/m1/s1. The third kappa shape index (κ3) is 3.32. The molecule has 0 unspecified atom stereocenters. The number of anilines is 1. The molecule has 0 bridgehead atoms. The van der Waals surface area contributed by atoms with E-state index in [-0.39, 0.29) is 24.2 Å². The van der Waals surface area contributed by atoms with Crippen molar-refractivity contribution in [1.29, 1.82) is 0 Å². The lowest BCUT2D eigenvalue weighted by atomic mass is 9.97. The highest BCUT2D eigenvalue weighted by Crippen LogP contribution is 2.30. The Morgan fingerprint density at radius 2 is 1.71 bits per heavy atom. The maximum absolute atomic E-state index is 12.7. The molecule has 0 N–H and O–H groups in total. The van der Waals surface area contributed by atoms with Gasteiger partial charge in [-0.2, -0.15) is 0 Å². The lowest BCUT2D eigenvalue weighted by molar-refractivity contribution is -0.122. The summed E-state index contributed by atoms with van der Waals surface area (Å²) in [6.07, 6.45) is 0.859. The Morgan fingerprint density at radius 3 is 2.33 bits per heavy atom. The fourth-order valence-electron chi connectivity index (χ4n) is 2.99. The summed E-state index contributed by atoms with van der Waals surface area (Å²) in [6, 6.07) is 15.2. The quantitative estimate of drug-likeness (QED) is 0.791. The number of imide groups is 1. The normalized spacial score (nSPS) is 17.4. The van der Waals surface area contributed by atoms with E-state index in [1.54, 1.807) is 24.3 Å². The third-order valence-corrected chi connectivity index (χ3v) is 4.25. The summed E-state index contributed by atoms with van der Waals surface area (Å²) in [7, 11) is 0. The van der Waals surface area contributed by atoms with Crippen LogP contribution in [0.3, 0.4) is 0 Å². The molecule has 0 radical (unpaired) electrons. The van der Waals surface area contributed by atoms with Gasteiger partial charge < -0.3 is 4.74 Å². The zero-order valence-electron chi connectivity index (χ0n) is 14.0. The molecular formula is C20H21NO3. The highest BCUT2D eigenvalue weighted by molar-refractivity contribution is 6.21. The molecule has 1 aliphatic rings. The van der Waals surface area contributed by atoms with E-state index in [1.165, 1.54) is 10.5 Å². The first-order valence-corrected chi connectivity index (χ1v) is 8.23. The number of hydrogen-bond donors (Lipinski definition) is 0. The van der Waals surface area contributed by atoms with Crippen molar-refractivity contribution < 1.29 is 14.3 Å². The summed E-state index contributed by atoms with van der Waals surface area (Å²) < 4.78 is 5.40. The minimum Gasteiger partial charge on any atom is -0.494 e. The number of benzene rings is 2. The van der Waals surface area contributed by atoms with E-state index in [9.17, 15) is 9.59 Å². The Hall–Kier alpha value is -2.62. The summed E-state index contributed by atoms with van der Waals surface area (Å²) in [5.41, 5.74) is 2.88. The highest BCUT2D eigenvalue weighted by atomic mass is 16.5. The number of rotatable bonds is 5. The fraction of sp³-hybridized carbons (Fsp3) is 0.300. The summed E-state index contributed by atoms with van der Waals surface area (Å²) in [4.78, 5) is 26.3. The average molecular weight is 323 g/mol. The van der Waals surface area contributed by atoms with Crippen molar-refractivity contribution in [1.82, 2.24) is 0 Å². The van der Waals surface area contributed by atoms with Gasteiger partial charge in [0, 0.05) is 6.42 Å². The molecule has 0 spiro atoms. The van der Waals surface area contributed by atoms with Crippen LogP contribution >= 0.6 is 0 Å². The van der Waals surface area contributed by atoms with Gasteiger partial charge in [0.15, 0.2) is 0 Å². The first kappa shape index (κ1) is 16.2. The smallest absolute Gasteiger partial charge is 0.237 e. The molecule has 2 aromatic carbocycles. The zero-order chi connectivity index (χ0) is 17.1. The van der Waals surface area contributed by atoms with Crippen LogP contribution in [0.1, 0.15) is 24.5 Å². The van der Waals surface area contributed by atoms with Crippen molar-refractivity contribution in [3.8, 4) is 5.75 Å². The van der Waals surface area contributed by atoms with Crippen molar-refractivity contribution in [2.75, 3.05) is 11.5 Å². The molecule has 2 amide bonds. The van der Waals surface area contributed by atoms with Crippen LogP contribution in [0, 0.1) is 12.8 Å². The molecule has 3 rings (SSSR count). The second kappa shape index (κ2) is 6.87. The summed E-state index contributed by atoms with van der Waals surface area (Å²) >= 11 is 0. The number of ether oxygens (including phenoxy) is 1. The van der Waals surface area contributed by atoms with E-state index in [0.29, 0.717) is 18.7 Å². The molecule has 124 valence electrons. The van der Waals surface area contributed by atoms with E-state index >= 15 is 0 Å². The van der Waals surface area contributed by atoms with Crippen molar-refractivity contribution in [3.63, 3.8) is 0 Å². The number of carbonyl (C=O) groups excluding carboxylic acids is 2. The second-order valence-corrected chi connectivity index (χ2v) is 6.09. The number of hydrogen-bond acceptors (Lipinski definition) is 3. The predicted molar refractivity (Wildman–Crippen MR) is 93.1 cm³/mol. The molecule has 0 aliphatic carbocycles. The SMILES string of the molecule is CCOc1ccc(N2C(=O)C[C@@H](Cc3ccc(C)cc3)C2=O)cc1. The molecule has 0 saturated carbocycles. The van der Waals surface area contributed by atoms with Crippen molar-refractivity contribution in [2.24, 2.45) is 5.92 Å². The highest BCUT2D eigenvalue weighted by Gasteiger charge is 2.39. The lowest BCUT2D eigenvalue weighted by Gasteiger charge is -2.15. The van der Waals surface area contributed by atoms with Gasteiger partial charge in [-0.05, 0) is 50.1 Å². The number of carbonyl (C=O) groups is 2. The van der Waals surface area contributed by atoms with Crippen LogP contribution in [0.15, 0.2) is 48.5 Å². The summed E-state index contributed by atoms with van der Waals surface area (Å²) in [6.45, 7) is 4.53. The van der Waals surface area contributed by atoms with E-state index in [4.69, 9.17) is 4.74 Å². The Morgan fingerprint density at radius 1 is 1.04 bits per heavy atom. The van der Waals surface area contributed by atoms with Crippen LogP contribution in [0.5, 0.6) is 5.75 Å². The van der Waals surface area contributed by atoms with Crippen LogP contribution in [0.25, 0.3) is 0 Å².